The highest BCUT2D eigenvalue weighted by Gasteiger charge is 2.16. The topological polar surface area (TPSA) is 0 Å². The summed E-state index contributed by atoms with van der Waals surface area (Å²) in [4.78, 5) is 0. The van der Waals surface area contributed by atoms with E-state index in [-0.39, 0.29) is 0 Å². The smallest absolute Gasteiger partial charge is 0.0320 e. The van der Waals surface area contributed by atoms with E-state index in [2.05, 4.69) is 29.8 Å². The van der Waals surface area contributed by atoms with Gasteiger partial charge in [-0.3, -0.25) is 0 Å². The van der Waals surface area contributed by atoms with Crippen LogP contribution in [0.1, 0.15) is 26.2 Å². The van der Waals surface area contributed by atoms with Crippen molar-refractivity contribution >= 4 is 25.9 Å². The molecule has 57 valence electrons. The predicted octanol–water partition coefficient (Wildman–Crippen LogP) is 2.17. The van der Waals surface area contributed by atoms with Crippen LogP contribution in [0.15, 0.2) is 0 Å². The van der Waals surface area contributed by atoms with Crippen molar-refractivity contribution in [3.63, 3.8) is 0 Å². The van der Waals surface area contributed by atoms with Crippen molar-refractivity contribution in [2.24, 2.45) is 0 Å². The third-order valence-electron chi connectivity index (χ3n) is 1.74. The van der Waals surface area contributed by atoms with Gasteiger partial charge in [0.1, 0.15) is 0 Å². The zero-order valence-electron chi connectivity index (χ0n) is 7.33. The van der Waals surface area contributed by atoms with Gasteiger partial charge in [-0.25, -0.2) is 0 Å². The molecule has 0 saturated heterocycles. The predicted molar refractivity (Wildman–Crippen MR) is 53.3 cm³/mol. The molecule has 0 saturated carbocycles. The molecule has 0 aliphatic heterocycles. The summed E-state index contributed by atoms with van der Waals surface area (Å²) < 4.78 is 0. The maximum absolute atomic E-state index is 3.66. The Hall–Kier alpha value is 0.651. The van der Waals surface area contributed by atoms with Crippen molar-refractivity contribution in [2.75, 3.05) is 0 Å². The Kier molecular flexibility index (Phi) is 5.67. The first kappa shape index (κ1) is 10.7. The zero-order chi connectivity index (χ0) is 8.04. The van der Waals surface area contributed by atoms with Crippen LogP contribution < -0.4 is 0 Å². The lowest BCUT2D eigenvalue weighted by molar-refractivity contribution is 0.765. The number of unbranched alkanes of at least 4 members (excludes halogenated alkanes) is 2. The van der Waals surface area contributed by atoms with Crippen LogP contribution in [0, 0.1) is 0 Å². The van der Waals surface area contributed by atoms with Gasteiger partial charge in [0.25, 0.3) is 0 Å². The largest absolute Gasteiger partial charge is 0.0719 e. The fraction of sp³-hybridized carbons (Fsp3) is 1.00. The van der Waals surface area contributed by atoms with Gasteiger partial charge in [0.15, 0.2) is 0 Å². The highest BCUT2D eigenvalue weighted by atomic mass is 29.5. The standard InChI is InChI=1S/C7H17Si3/c1-4-5-6-7-10(2,3)9-8/h4-7H2,1-3H3. The summed E-state index contributed by atoms with van der Waals surface area (Å²) in [5.74, 6) is 0. The molecule has 10 heavy (non-hydrogen) atoms. The lowest BCUT2D eigenvalue weighted by Gasteiger charge is -2.18. The molecule has 0 aromatic carbocycles. The molecule has 3 heteroatoms. The van der Waals surface area contributed by atoms with Gasteiger partial charge in [-0.2, -0.15) is 0 Å². The molecule has 0 aliphatic carbocycles. The fourth-order valence-electron chi connectivity index (χ4n) is 0.879. The Labute approximate surface area is 71.6 Å². The van der Waals surface area contributed by atoms with E-state index in [4.69, 9.17) is 0 Å². The van der Waals surface area contributed by atoms with Gasteiger partial charge < -0.3 is 0 Å². The molecule has 0 heterocycles. The SMILES string of the molecule is CCCCC[Si](C)(C)[Si][Si]. The highest BCUT2D eigenvalue weighted by Crippen LogP contribution is 2.11. The van der Waals surface area contributed by atoms with E-state index in [1.807, 2.05) is 0 Å². The van der Waals surface area contributed by atoms with Gasteiger partial charge >= 0.3 is 0 Å². The van der Waals surface area contributed by atoms with E-state index in [0.717, 1.165) is 8.55 Å². The summed E-state index contributed by atoms with van der Waals surface area (Å²) in [5.41, 5.74) is 0. The molecule has 0 spiro atoms. The van der Waals surface area contributed by atoms with Crippen LogP contribution in [-0.2, 0) is 0 Å². The average Bonchev–Trinajstić information content (AvgIpc) is 1.89. The molecule has 0 aromatic rings. The van der Waals surface area contributed by atoms with Crippen molar-refractivity contribution in [2.45, 2.75) is 45.3 Å². The van der Waals surface area contributed by atoms with E-state index >= 15 is 0 Å². The van der Waals surface area contributed by atoms with Crippen LogP contribution in [0.3, 0.4) is 0 Å². The summed E-state index contributed by atoms with van der Waals surface area (Å²) in [6, 6.07) is 1.50. The van der Waals surface area contributed by atoms with Gasteiger partial charge in [-0.15, -0.1) is 0 Å². The molecule has 0 N–H and O–H groups in total. The van der Waals surface area contributed by atoms with E-state index in [9.17, 15) is 0 Å². The molecule has 0 bridgehead atoms. The van der Waals surface area contributed by atoms with Gasteiger partial charge in [0.05, 0.1) is 0 Å². The minimum Gasteiger partial charge on any atom is -0.0719 e. The zero-order valence-corrected chi connectivity index (χ0v) is 10.3. The fourth-order valence-corrected chi connectivity index (χ4v) is 4.17. The van der Waals surface area contributed by atoms with E-state index < -0.39 is 7.59 Å². The number of hydrogen-bond donors (Lipinski definition) is 0. The average molecular weight is 185 g/mol. The second-order valence-electron chi connectivity index (χ2n) is 3.47. The van der Waals surface area contributed by atoms with Gasteiger partial charge in [0.2, 0.25) is 0 Å². The molecule has 5 radical (unpaired) electrons. The molecule has 0 rings (SSSR count). The molecular formula is C7H17Si3. The lowest BCUT2D eigenvalue weighted by atomic mass is 10.3. The van der Waals surface area contributed by atoms with Crippen LogP contribution in [-0.4, -0.2) is 25.9 Å². The Morgan fingerprint density at radius 2 is 1.90 bits per heavy atom. The first-order valence-corrected chi connectivity index (χ1v) is 10.8. The summed E-state index contributed by atoms with van der Waals surface area (Å²) >= 11 is 0. The molecule has 0 fully saturated rings. The normalized spacial score (nSPS) is 12.0. The van der Waals surface area contributed by atoms with Crippen molar-refractivity contribution < 1.29 is 0 Å². The van der Waals surface area contributed by atoms with Crippen molar-refractivity contribution in [3.05, 3.63) is 0 Å². The molecule has 0 nitrogen and oxygen atoms in total. The second kappa shape index (κ2) is 5.32. The van der Waals surface area contributed by atoms with Gasteiger partial charge in [-0.1, -0.05) is 45.3 Å². The minimum atomic E-state index is -0.773. The molecule has 0 amide bonds. The van der Waals surface area contributed by atoms with E-state index in [0.29, 0.717) is 0 Å². The summed E-state index contributed by atoms with van der Waals surface area (Å²) in [6.45, 7) is 7.20. The minimum absolute atomic E-state index is 0.773. The highest BCUT2D eigenvalue weighted by molar-refractivity contribution is 7.39. The Morgan fingerprint density at radius 1 is 1.30 bits per heavy atom. The van der Waals surface area contributed by atoms with Crippen LogP contribution in [0.25, 0.3) is 0 Å². The van der Waals surface area contributed by atoms with Crippen molar-refractivity contribution in [1.29, 1.82) is 0 Å². The Morgan fingerprint density at radius 3 is 2.30 bits per heavy atom. The second-order valence-corrected chi connectivity index (χ2v) is 15.0. The van der Waals surface area contributed by atoms with Crippen molar-refractivity contribution in [1.82, 2.24) is 0 Å². The third kappa shape index (κ3) is 5.44. The van der Waals surface area contributed by atoms with E-state index in [1.165, 1.54) is 25.3 Å². The van der Waals surface area contributed by atoms with Crippen molar-refractivity contribution in [3.8, 4) is 0 Å². The van der Waals surface area contributed by atoms with Crippen LogP contribution in [0.5, 0.6) is 0 Å². The van der Waals surface area contributed by atoms with Gasteiger partial charge in [-0.05, 0) is 0 Å². The number of hydrogen-bond acceptors (Lipinski definition) is 0. The molecule has 0 atom stereocenters. The third-order valence-corrected chi connectivity index (χ3v) is 12.9. The Balaban J connectivity index is 3.28. The van der Waals surface area contributed by atoms with Crippen LogP contribution in [0.4, 0.5) is 0 Å². The van der Waals surface area contributed by atoms with Crippen LogP contribution >= 0.6 is 0 Å². The summed E-state index contributed by atoms with van der Waals surface area (Å²) in [6.07, 6.45) is 4.23. The van der Waals surface area contributed by atoms with Crippen LogP contribution in [0.2, 0.25) is 19.1 Å². The first-order chi connectivity index (χ1) is 4.62. The first-order valence-electron chi connectivity index (χ1n) is 4.06. The quantitative estimate of drug-likeness (QED) is 0.455. The summed E-state index contributed by atoms with van der Waals surface area (Å²) in [7, 11) is 3.93. The molecular weight excluding hydrogens is 168 g/mol. The molecule has 0 aliphatic rings. The number of rotatable bonds is 5. The lowest BCUT2D eigenvalue weighted by Crippen LogP contribution is -2.34. The molecule has 0 unspecified atom stereocenters. The molecule has 0 aromatic heterocycles. The van der Waals surface area contributed by atoms with Gasteiger partial charge in [0, 0.05) is 25.9 Å². The maximum Gasteiger partial charge on any atom is 0.0320 e. The Bertz CT molecular complexity index is 80.9. The summed E-state index contributed by atoms with van der Waals surface area (Å²) in [5, 5.41) is 0. The maximum atomic E-state index is 3.66. The monoisotopic (exact) mass is 185 g/mol. The van der Waals surface area contributed by atoms with E-state index in [1.54, 1.807) is 0 Å².